The van der Waals surface area contributed by atoms with Crippen LogP contribution in [0.25, 0.3) is 11.0 Å². The number of H-pyrrole nitrogens is 1. The van der Waals surface area contributed by atoms with E-state index in [4.69, 9.17) is 0 Å². The fraction of sp³-hybridized carbons (Fsp3) is 0.294. The second-order valence-corrected chi connectivity index (χ2v) is 6.83. The molecule has 1 saturated carbocycles. The van der Waals surface area contributed by atoms with Gasteiger partial charge in [0, 0.05) is 16.7 Å². The van der Waals surface area contributed by atoms with Crippen LogP contribution in [0.3, 0.4) is 0 Å². The van der Waals surface area contributed by atoms with Crippen LogP contribution in [-0.4, -0.2) is 20.4 Å². The lowest BCUT2D eigenvalue weighted by Crippen LogP contribution is -2.18. The Kier molecular flexibility index (Phi) is 3.69. The summed E-state index contributed by atoms with van der Waals surface area (Å²) in [6.07, 6.45) is 6.48. The number of benzene rings is 1. The molecule has 118 valence electrons. The van der Waals surface area contributed by atoms with Crippen LogP contribution in [-0.2, 0) is 0 Å². The predicted molar refractivity (Wildman–Crippen MR) is 93.7 cm³/mol. The minimum atomic E-state index is -0.176. The van der Waals surface area contributed by atoms with E-state index in [1.54, 1.807) is 12.3 Å². The minimum Gasteiger partial charge on any atom is -0.356 e. The van der Waals surface area contributed by atoms with Gasteiger partial charge in [-0.3, -0.25) is 10.1 Å². The van der Waals surface area contributed by atoms with Crippen molar-refractivity contribution in [2.75, 3.05) is 5.32 Å². The Balaban J connectivity index is 1.73. The number of carbonyl (C=O) groups is 1. The lowest BCUT2D eigenvalue weighted by molar-refractivity contribution is 0.102. The third-order valence-electron chi connectivity index (χ3n) is 4.40. The topological polar surface area (TPSA) is 62.7 Å². The molecular formula is C17H17BrN4O. The maximum Gasteiger partial charge on any atom is 0.274 e. The van der Waals surface area contributed by atoms with E-state index < -0.39 is 0 Å². The molecule has 0 unspecified atom stereocenters. The number of rotatable bonds is 3. The molecule has 23 heavy (non-hydrogen) atoms. The maximum absolute atomic E-state index is 12.5. The second kappa shape index (κ2) is 5.85. The van der Waals surface area contributed by atoms with Crippen molar-refractivity contribution in [1.82, 2.24) is 14.5 Å². The molecule has 1 aliphatic carbocycles. The first-order chi connectivity index (χ1) is 11.2. The fourth-order valence-electron chi connectivity index (χ4n) is 3.33. The molecule has 0 spiro atoms. The zero-order valence-electron chi connectivity index (χ0n) is 12.6. The average Bonchev–Trinajstić information content (AvgIpc) is 3.25. The largest absolute Gasteiger partial charge is 0.356 e. The van der Waals surface area contributed by atoms with Crippen molar-refractivity contribution in [2.24, 2.45) is 0 Å². The van der Waals surface area contributed by atoms with Crippen LogP contribution in [0, 0.1) is 0 Å². The number of para-hydroxylation sites is 2. The van der Waals surface area contributed by atoms with Gasteiger partial charge in [-0.05, 0) is 47.0 Å². The number of halogens is 1. The van der Waals surface area contributed by atoms with Gasteiger partial charge in [0.05, 0.1) is 11.0 Å². The molecule has 2 aromatic heterocycles. The highest BCUT2D eigenvalue weighted by Gasteiger charge is 2.23. The first-order valence-electron chi connectivity index (χ1n) is 7.84. The normalized spacial score (nSPS) is 15.3. The van der Waals surface area contributed by atoms with Gasteiger partial charge >= 0.3 is 0 Å². The molecular weight excluding hydrogens is 356 g/mol. The van der Waals surface area contributed by atoms with Crippen molar-refractivity contribution < 1.29 is 4.79 Å². The molecule has 1 aliphatic rings. The Morgan fingerprint density at radius 3 is 2.83 bits per heavy atom. The van der Waals surface area contributed by atoms with Gasteiger partial charge in [0.15, 0.2) is 0 Å². The molecule has 1 fully saturated rings. The summed E-state index contributed by atoms with van der Waals surface area (Å²) in [4.78, 5) is 20.0. The molecule has 6 heteroatoms. The number of fused-ring (bicyclic) bond motifs is 1. The van der Waals surface area contributed by atoms with Gasteiger partial charge < -0.3 is 9.55 Å². The van der Waals surface area contributed by atoms with E-state index in [1.807, 2.05) is 18.2 Å². The Labute approximate surface area is 142 Å². The number of carbonyl (C=O) groups excluding carboxylic acids is 1. The first kappa shape index (κ1) is 14.5. The van der Waals surface area contributed by atoms with E-state index in [0.29, 0.717) is 17.7 Å². The fourth-order valence-corrected chi connectivity index (χ4v) is 3.68. The van der Waals surface area contributed by atoms with E-state index in [2.05, 4.69) is 41.8 Å². The summed E-state index contributed by atoms with van der Waals surface area (Å²) in [5.74, 6) is 0.457. The smallest absolute Gasteiger partial charge is 0.274 e. The van der Waals surface area contributed by atoms with Crippen LogP contribution in [0.5, 0.6) is 0 Å². The molecule has 0 aliphatic heterocycles. The van der Waals surface area contributed by atoms with Gasteiger partial charge in [-0.25, -0.2) is 4.98 Å². The number of aromatic nitrogens is 3. The summed E-state index contributed by atoms with van der Waals surface area (Å²) in [5.41, 5.74) is 2.52. The summed E-state index contributed by atoms with van der Waals surface area (Å²) in [6, 6.07) is 10.2. The molecule has 0 atom stereocenters. The number of hydrogen-bond donors (Lipinski definition) is 2. The molecule has 1 amide bonds. The number of nitrogens with zero attached hydrogens (tertiary/aromatic N) is 2. The Morgan fingerprint density at radius 2 is 2.09 bits per heavy atom. The number of amides is 1. The number of nitrogens with one attached hydrogen (secondary N) is 2. The lowest BCUT2D eigenvalue weighted by Gasteiger charge is -2.16. The Hall–Kier alpha value is -2.08. The van der Waals surface area contributed by atoms with E-state index in [0.717, 1.165) is 28.3 Å². The van der Waals surface area contributed by atoms with Crippen LogP contribution < -0.4 is 5.32 Å². The summed E-state index contributed by atoms with van der Waals surface area (Å²) in [6.45, 7) is 0. The molecule has 4 rings (SSSR count). The van der Waals surface area contributed by atoms with Crippen molar-refractivity contribution in [1.29, 1.82) is 0 Å². The van der Waals surface area contributed by atoms with E-state index in [-0.39, 0.29) is 5.91 Å². The molecule has 2 N–H and O–H groups in total. The van der Waals surface area contributed by atoms with Crippen LogP contribution in [0.4, 0.5) is 5.95 Å². The van der Waals surface area contributed by atoms with Crippen LogP contribution in [0.15, 0.2) is 41.0 Å². The summed E-state index contributed by atoms with van der Waals surface area (Å²) in [7, 11) is 0. The molecule has 3 aromatic rings. The van der Waals surface area contributed by atoms with E-state index >= 15 is 0 Å². The number of imidazole rings is 1. The van der Waals surface area contributed by atoms with Crippen molar-refractivity contribution in [2.45, 2.75) is 31.7 Å². The van der Waals surface area contributed by atoms with Crippen molar-refractivity contribution in [3.63, 3.8) is 0 Å². The summed E-state index contributed by atoms with van der Waals surface area (Å²) >= 11 is 3.35. The average molecular weight is 373 g/mol. The van der Waals surface area contributed by atoms with Crippen molar-refractivity contribution >= 4 is 38.8 Å². The number of anilines is 1. The third-order valence-corrected chi connectivity index (χ3v) is 4.86. The zero-order chi connectivity index (χ0) is 15.8. The minimum absolute atomic E-state index is 0.176. The van der Waals surface area contributed by atoms with Crippen LogP contribution in [0.2, 0.25) is 0 Å². The standard InChI is InChI=1S/C17H17BrN4O/c18-11-9-14(19-10-11)16(23)21-17-20-13-7-3-4-8-15(13)22(17)12-5-1-2-6-12/h3-4,7-10,12,19H,1-2,5-6H2,(H,20,21,23). The summed E-state index contributed by atoms with van der Waals surface area (Å²) < 4.78 is 3.05. The van der Waals surface area contributed by atoms with Gasteiger partial charge in [-0.1, -0.05) is 25.0 Å². The molecule has 0 saturated heterocycles. The zero-order valence-corrected chi connectivity index (χ0v) is 14.1. The quantitative estimate of drug-likeness (QED) is 0.710. The SMILES string of the molecule is O=C(Nc1nc2ccccc2n1C1CCCC1)c1cc(Br)c[nH]1. The Morgan fingerprint density at radius 1 is 1.30 bits per heavy atom. The van der Waals surface area contributed by atoms with Gasteiger partial charge in [0.2, 0.25) is 5.95 Å². The third kappa shape index (κ3) is 2.67. The lowest BCUT2D eigenvalue weighted by atomic mass is 10.2. The van der Waals surface area contributed by atoms with Crippen LogP contribution in [0.1, 0.15) is 42.2 Å². The maximum atomic E-state index is 12.5. The van der Waals surface area contributed by atoms with Gasteiger partial charge in [0.1, 0.15) is 5.69 Å². The molecule has 0 bridgehead atoms. The predicted octanol–water partition coefficient (Wildman–Crippen LogP) is 4.49. The van der Waals surface area contributed by atoms with E-state index in [1.165, 1.54) is 12.8 Å². The second-order valence-electron chi connectivity index (χ2n) is 5.92. The highest BCUT2D eigenvalue weighted by atomic mass is 79.9. The molecule has 2 heterocycles. The van der Waals surface area contributed by atoms with Gasteiger partial charge in [-0.2, -0.15) is 0 Å². The summed E-state index contributed by atoms with van der Waals surface area (Å²) in [5, 5.41) is 2.97. The molecule has 5 nitrogen and oxygen atoms in total. The van der Waals surface area contributed by atoms with Gasteiger partial charge in [0.25, 0.3) is 5.91 Å². The van der Waals surface area contributed by atoms with Crippen LogP contribution >= 0.6 is 15.9 Å². The molecule has 0 radical (unpaired) electrons. The highest BCUT2D eigenvalue weighted by molar-refractivity contribution is 9.10. The number of hydrogen-bond acceptors (Lipinski definition) is 2. The first-order valence-corrected chi connectivity index (χ1v) is 8.64. The number of aromatic amines is 1. The molecule has 1 aromatic carbocycles. The van der Waals surface area contributed by atoms with Crippen molar-refractivity contribution in [3.05, 3.63) is 46.7 Å². The van der Waals surface area contributed by atoms with Crippen molar-refractivity contribution in [3.8, 4) is 0 Å². The monoisotopic (exact) mass is 372 g/mol. The Bertz CT molecular complexity index is 860. The van der Waals surface area contributed by atoms with E-state index in [9.17, 15) is 4.79 Å². The highest BCUT2D eigenvalue weighted by Crippen LogP contribution is 2.35. The van der Waals surface area contributed by atoms with Gasteiger partial charge in [-0.15, -0.1) is 0 Å².